The summed E-state index contributed by atoms with van der Waals surface area (Å²) >= 11 is 3.44. The zero-order valence-electron chi connectivity index (χ0n) is 5.40. The van der Waals surface area contributed by atoms with Crippen LogP contribution in [0, 0.1) is 0 Å². The number of rotatable bonds is 1. The molecule has 0 aromatic rings. The summed E-state index contributed by atoms with van der Waals surface area (Å²) in [5, 5.41) is 1.03. The van der Waals surface area contributed by atoms with Crippen molar-refractivity contribution in [2.45, 2.75) is 37.4 Å². The third kappa shape index (κ3) is 0.838. The number of epoxide rings is 1. The third-order valence-corrected chi connectivity index (χ3v) is 3.08. The van der Waals surface area contributed by atoms with E-state index in [9.17, 15) is 0 Å². The molecular weight excluding hydrogens is 180 g/mol. The molecule has 0 aromatic heterocycles. The molecule has 1 saturated carbocycles. The van der Waals surface area contributed by atoms with Crippen LogP contribution < -0.4 is 0 Å². The molecule has 1 aliphatic carbocycles. The van der Waals surface area contributed by atoms with Gasteiger partial charge in [-0.25, -0.2) is 0 Å². The Morgan fingerprint density at radius 2 is 2.11 bits per heavy atom. The van der Waals surface area contributed by atoms with E-state index in [0.29, 0.717) is 11.7 Å². The molecule has 0 N–H and O–H groups in total. The SMILES string of the molecule is BrCC1OC12CCCC2. The maximum absolute atomic E-state index is 5.57. The molecule has 2 rings (SSSR count). The Balaban J connectivity index is 1.97. The van der Waals surface area contributed by atoms with Gasteiger partial charge in [-0.1, -0.05) is 28.8 Å². The molecule has 2 fully saturated rings. The maximum Gasteiger partial charge on any atom is 0.0970 e. The molecule has 1 atom stereocenters. The van der Waals surface area contributed by atoms with E-state index in [2.05, 4.69) is 15.9 Å². The molecular formula is C7H11BrO. The summed E-state index contributed by atoms with van der Waals surface area (Å²) in [5.74, 6) is 0. The van der Waals surface area contributed by atoms with Crippen LogP contribution in [0.25, 0.3) is 0 Å². The Morgan fingerprint density at radius 3 is 2.56 bits per heavy atom. The van der Waals surface area contributed by atoms with E-state index in [1.54, 1.807) is 0 Å². The average Bonchev–Trinajstić information content (AvgIpc) is 2.30. The van der Waals surface area contributed by atoms with E-state index in [1.807, 2.05) is 0 Å². The second-order valence-electron chi connectivity index (χ2n) is 3.03. The van der Waals surface area contributed by atoms with Crippen molar-refractivity contribution in [3.05, 3.63) is 0 Å². The van der Waals surface area contributed by atoms with E-state index in [4.69, 9.17) is 4.74 Å². The van der Waals surface area contributed by atoms with Crippen molar-refractivity contribution in [3.8, 4) is 0 Å². The number of hydrogen-bond acceptors (Lipinski definition) is 1. The van der Waals surface area contributed by atoms with Crippen LogP contribution in [0.15, 0.2) is 0 Å². The summed E-state index contributed by atoms with van der Waals surface area (Å²) in [6, 6.07) is 0. The van der Waals surface area contributed by atoms with E-state index in [-0.39, 0.29) is 0 Å². The van der Waals surface area contributed by atoms with Crippen molar-refractivity contribution in [1.82, 2.24) is 0 Å². The molecule has 2 aliphatic rings. The number of hydrogen-bond donors (Lipinski definition) is 0. The standard InChI is InChI=1S/C7H11BrO/c8-5-6-7(9-6)3-1-2-4-7/h6H,1-5H2. The van der Waals surface area contributed by atoms with Gasteiger partial charge in [-0.3, -0.25) is 0 Å². The summed E-state index contributed by atoms with van der Waals surface area (Å²) in [6.45, 7) is 0. The Kier molecular flexibility index (Phi) is 1.34. The van der Waals surface area contributed by atoms with Gasteiger partial charge in [0.1, 0.15) is 0 Å². The normalized spacial score (nSPS) is 37.7. The molecule has 0 amide bonds. The summed E-state index contributed by atoms with van der Waals surface area (Å²) < 4.78 is 5.57. The Labute approximate surface area is 63.9 Å². The Hall–Kier alpha value is 0.440. The molecule has 1 heterocycles. The third-order valence-electron chi connectivity index (χ3n) is 2.50. The van der Waals surface area contributed by atoms with Crippen LogP contribution in [0.5, 0.6) is 0 Å². The largest absolute Gasteiger partial charge is 0.365 e. The highest BCUT2D eigenvalue weighted by atomic mass is 79.9. The quantitative estimate of drug-likeness (QED) is 0.456. The molecule has 1 saturated heterocycles. The van der Waals surface area contributed by atoms with E-state index < -0.39 is 0 Å². The lowest BCUT2D eigenvalue weighted by molar-refractivity contribution is 0.300. The maximum atomic E-state index is 5.57. The summed E-state index contributed by atoms with van der Waals surface area (Å²) in [5.41, 5.74) is 0.365. The minimum atomic E-state index is 0.365. The van der Waals surface area contributed by atoms with Crippen molar-refractivity contribution in [2.75, 3.05) is 5.33 Å². The van der Waals surface area contributed by atoms with Gasteiger partial charge in [0.2, 0.25) is 0 Å². The number of halogens is 1. The van der Waals surface area contributed by atoms with Gasteiger partial charge >= 0.3 is 0 Å². The molecule has 1 aliphatic heterocycles. The zero-order chi connectivity index (χ0) is 6.32. The van der Waals surface area contributed by atoms with Gasteiger partial charge in [-0.05, 0) is 12.8 Å². The minimum Gasteiger partial charge on any atom is -0.365 e. The molecule has 1 spiro atoms. The topological polar surface area (TPSA) is 12.5 Å². The van der Waals surface area contributed by atoms with Gasteiger partial charge in [0.05, 0.1) is 11.7 Å². The van der Waals surface area contributed by atoms with Crippen LogP contribution in [0.2, 0.25) is 0 Å². The first-order valence-electron chi connectivity index (χ1n) is 3.61. The highest BCUT2D eigenvalue weighted by Gasteiger charge is 2.56. The zero-order valence-corrected chi connectivity index (χ0v) is 6.99. The lowest BCUT2D eigenvalue weighted by atomic mass is 10.1. The van der Waals surface area contributed by atoms with Crippen LogP contribution in [0.4, 0.5) is 0 Å². The predicted octanol–water partition coefficient (Wildman–Crippen LogP) is 2.09. The Morgan fingerprint density at radius 1 is 1.44 bits per heavy atom. The molecule has 52 valence electrons. The molecule has 0 aromatic carbocycles. The highest BCUT2D eigenvalue weighted by Crippen LogP contribution is 2.50. The molecule has 2 heteroatoms. The van der Waals surface area contributed by atoms with Crippen molar-refractivity contribution in [1.29, 1.82) is 0 Å². The first kappa shape index (κ1) is 6.17. The average molecular weight is 191 g/mol. The summed E-state index contributed by atoms with van der Waals surface area (Å²) in [6.07, 6.45) is 5.93. The molecule has 1 unspecified atom stereocenters. The fourth-order valence-electron chi connectivity index (χ4n) is 1.83. The number of alkyl halides is 1. The van der Waals surface area contributed by atoms with Gasteiger partial charge in [-0.15, -0.1) is 0 Å². The van der Waals surface area contributed by atoms with Crippen molar-refractivity contribution in [3.63, 3.8) is 0 Å². The minimum absolute atomic E-state index is 0.365. The fraction of sp³-hybridized carbons (Fsp3) is 1.00. The van der Waals surface area contributed by atoms with Gasteiger partial charge in [0.25, 0.3) is 0 Å². The van der Waals surface area contributed by atoms with E-state index in [0.717, 1.165) is 5.33 Å². The van der Waals surface area contributed by atoms with Crippen molar-refractivity contribution in [2.24, 2.45) is 0 Å². The highest BCUT2D eigenvalue weighted by molar-refractivity contribution is 9.09. The first-order valence-corrected chi connectivity index (χ1v) is 4.73. The van der Waals surface area contributed by atoms with Crippen molar-refractivity contribution >= 4 is 15.9 Å². The fourth-order valence-corrected chi connectivity index (χ4v) is 2.56. The van der Waals surface area contributed by atoms with Gasteiger partial charge < -0.3 is 4.74 Å². The Bertz CT molecular complexity index is 118. The molecule has 0 bridgehead atoms. The lowest BCUT2D eigenvalue weighted by Gasteiger charge is -1.96. The van der Waals surface area contributed by atoms with Gasteiger partial charge in [-0.2, -0.15) is 0 Å². The van der Waals surface area contributed by atoms with Crippen LogP contribution in [-0.2, 0) is 4.74 Å². The van der Waals surface area contributed by atoms with E-state index >= 15 is 0 Å². The van der Waals surface area contributed by atoms with Crippen LogP contribution in [-0.4, -0.2) is 17.0 Å². The monoisotopic (exact) mass is 190 g/mol. The van der Waals surface area contributed by atoms with Crippen LogP contribution >= 0.6 is 15.9 Å². The molecule has 1 nitrogen and oxygen atoms in total. The molecule has 0 radical (unpaired) electrons. The van der Waals surface area contributed by atoms with Gasteiger partial charge in [0, 0.05) is 5.33 Å². The van der Waals surface area contributed by atoms with Crippen molar-refractivity contribution < 1.29 is 4.74 Å². The first-order chi connectivity index (χ1) is 4.37. The summed E-state index contributed by atoms with van der Waals surface area (Å²) in [4.78, 5) is 0. The van der Waals surface area contributed by atoms with Gasteiger partial charge in [0.15, 0.2) is 0 Å². The summed E-state index contributed by atoms with van der Waals surface area (Å²) in [7, 11) is 0. The number of ether oxygens (including phenoxy) is 1. The second-order valence-corrected chi connectivity index (χ2v) is 3.68. The smallest absolute Gasteiger partial charge is 0.0970 e. The van der Waals surface area contributed by atoms with E-state index in [1.165, 1.54) is 25.7 Å². The second kappa shape index (κ2) is 1.96. The van der Waals surface area contributed by atoms with Crippen LogP contribution in [0.1, 0.15) is 25.7 Å². The predicted molar refractivity (Wildman–Crippen MR) is 39.9 cm³/mol. The van der Waals surface area contributed by atoms with Crippen LogP contribution in [0.3, 0.4) is 0 Å². The molecule has 9 heavy (non-hydrogen) atoms. The lowest BCUT2D eigenvalue weighted by Crippen LogP contribution is -2.09.